The van der Waals surface area contributed by atoms with Gasteiger partial charge in [0, 0.05) is 6.54 Å². The van der Waals surface area contributed by atoms with Crippen LogP contribution in [0.2, 0.25) is 0 Å². The van der Waals surface area contributed by atoms with Gasteiger partial charge in [0.1, 0.15) is 18.5 Å². The van der Waals surface area contributed by atoms with Gasteiger partial charge in [0.25, 0.3) is 0 Å². The van der Waals surface area contributed by atoms with Crippen LogP contribution in [0.15, 0.2) is 24.3 Å². The third kappa shape index (κ3) is 7.19. The SMILES string of the molecule is CCCCCCNCC(O)COc1ccccc1C. The normalized spacial score (nSPS) is 12.4. The van der Waals surface area contributed by atoms with Crippen molar-refractivity contribution in [2.75, 3.05) is 19.7 Å². The molecule has 19 heavy (non-hydrogen) atoms. The van der Waals surface area contributed by atoms with Gasteiger partial charge in [-0.3, -0.25) is 0 Å². The van der Waals surface area contributed by atoms with Crippen LogP contribution < -0.4 is 10.1 Å². The molecule has 1 rings (SSSR count). The third-order valence-corrected chi connectivity index (χ3v) is 3.11. The molecule has 0 aliphatic rings. The Morgan fingerprint density at radius 2 is 2.00 bits per heavy atom. The molecule has 0 spiro atoms. The van der Waals surface area contributed by atoms with Crippen molar-refractivity contribution < 1.29 is 9.84 Å². The van der Waals surface area contributed by atoms with Crippen molar-refractivity contribution in [2.45, 2.75) is 45.6 Å². The minimum absolute atomic E-state index is 0.340. The fourth-order valence-electron chi connectivity index (χ4n) is 1.91. The van der Waals surface area contributed by atoms with E-state index in [9.17, 15) is 5.11 Å². The first-order valence-electron chi connectivity index (χ1n) is 7.31. The van der Waals surface area contributed by atoms with Crippen LogP contribution in [0.1, 0.15) is 38.2 Å². The van der Waals surface area contributed by atoms with Crippen LogP contribution in [0.3, 0.4) is 0 Å². The van der Waals surface area contributed by atoms with Crippen LogP contribution in [0, 0.1) is 6.92 Å². The molecule has 0 amide bonds. The van der Waals surface area contributed by atoms with Gasteiger partial charge in [0.2, 0.25) is 0 Å². The number of ether oxygens (including phenoxy) is 1. The Hall–Kier alpha value is -1.06. The molecule has 0 aliphatic carbocycles. The first kappa shape index (κ1) is 16.0. The van der Waals surface area contributed by atoms with E-state index < -0.39 is 6.10 Å². The van der Waals surface area contributed by atoms with Crippen LogP contribution in [0.4, 0.5) is 0 Å². The third-order valence-electron chi connectivity index (χ3n) is 3.11. The molecule has 0 aliphatic heterocycles. The Balaban J connectivity index is 2.08. The quantitative estimate of drug-likeness (QED) is 0.639. The highest BCUT2D eigenvalue weighted by Gasteiger charge is 2.05. The van der Waals surface area contributed by atoms with Crippen molar-refractivity contribution in [1.82, 2.24) is 5.32 Å². The van der Waals surface area contributed by atoms with E-state index in [0.29, 0.717) is 13.2 Å². The Kier molecular flexibility index (Phi) is 8.26. The molecule has 108 valence electrons. The summed E-state index contributed by atoms with van der Waals surface area (Å²) < 4.78 is 5.60. The van der Waals surface area contributed by atoms with Gasteiger partial charge in [-0.05, 0) is 31.5 Å². The van der Waals surface area contributed by atoms with E-state index in [0.717, 1.165) is 17.9 Å². The first-order chi connectivity index (χ1) is 9.24. The maximum atomic E-state index is 9.82. The maximum Gasteiger partial charge on any atom is 0.122 e. The van der Waals surface area contributed by atoms with E-state index in [1.165, 1.54) is 25.7 Å². The highest BCUT2D eigenvalue weighted by molar-refractivity contribution is 5.31. The van der Waals surface area contributed by atoms with Gasteiger partial charge < -0.3 is 15.2 Å². The Labute approximate surface area is 117 Å². The lowest BCUT2D eigenvalue weighted by molar-refractivity contribution is 0.106. The monoisotopic (exact) mass is 265 g/mol. The number of para-hydroxylation sites is 1. The van der Waals surface area contributed by atoms with E-state index >= 15 is 0 Å². The van der Waals surface area contributed by atoms with Crippen molar-refractivity contribution in [3.63, 3.8) is 0 Å². The van der Waals surface area contributed by atoms with Gasteiger partial charge in [0.15, 0.2) is 0 Å². The summed E-state index contributed by atoms with van der Waals surface area (Å²) in [5.74, 6) is 0.851. The van der Waals surface area contributed by atoms with Gasteiger partial charge in [-0.15, -0.1) is 0 Å². The number of aryl methyl sites for hydroxylation is 1. The molecule has 2 N–H and O–H groups in total. The second-order valence-electron chi connectivity index (χ2n) is 5.00. The van der Waals surface area contributed by atoms with E-state index in [1.54, 1.807) is 0 Å². The largest absolute Gasteiger partial charge is 0.491 e. The predicted molar refractivity (Wildman–Crippen MR) is 79.7 cm³/mol. The first-order valence-corrected chi connectivity index (χ1v) is 7.31. The molecule has 1 unspecified atom stereocenters. The maximum absolute atomic E-state index is 9.82. The highest BCUT2D eigenvalue weighted by Crippen LogP contribution is 2.16. The lowest BCUT2D eigenvalue weighted by Crippen LogP contribution is -2.32. The molecule has 3 heteroatoms. The zero-order chi connectivity index (χ0) is 13.9. The van der Waals surface area contributed by atoms with Crippen LogP contribution in [0.25, 0.3) is 0 Å². The lowest BCUT2D eigenvalue weighted by atomic mass is 10.2. The molecule has 0 fully saturated rings. The second-order valence-corrected chi connectivity index (χ2v) is 5.00. The number of aliphatic hydroxyl groups is 1. The summed E-state index contributed by atoms with van der Waals surface area (Å²) in [6.45, 7) is 6.13. The Bertz CT molecular complexity index is 341. The fraction of sp³-hybridized carbons (Fsp3) is 0.625. The number of aliphatic hydroxyl groups excluding tert-OH is 1. The number of rotatable bonds is 10. The lowest BCUT2D eigenvalue weighted by Gasteiger charge is -2.14. The molecule has 0 heterocycles. The summed E-state index contributed by atoms with van der Waals surface area (Å²) >= 11 is 0. The number of hydrogen-bond donors (Lipinski definition) is 2. The summed E-state index contributed by atoms with van der Waals surface area (Å²) in [5, 5.41) is 13.1. The van der Waals surface area contributed by atoms with E-state index in [4.69, 9.17) is 4.74 Å². The molecule has 1 aromatic rings. The minimum Gasteiger partial charge on any atom is -0.491 e. The van der Waals surface area contributed by atoms with Gasteiger partial charge in [-0.25, -0.2) is 0 Å². The molecular formula is C16H27NO2. The van der Waals surface area contributed by atoms with E-state index in [1.807, 2.05) is 31.2 Å². The average Bonchev–Trinajstić information content (AvgIpc) is 2.42. The Morgan fingerprint density at radius 3 is 2.74 bits per heavy atom. The van der Waals surface area contributed by atoms with Crippen molar-refractivity contribution in [3.8, 4) is 5.75 Å². The molecule has 0 bridgehead atoms. The second kappa shape index (κ2) is 9.82. The van der Waals surface area contributed by atoms with Crippen molar-refractivity contribution >= 4 is 0 Å². The zero-order valence-electron chi connectivity index (χ0n) is 12.2. The molecular weight excluding hydrogens is 238 g/mol. The van der Waals surface area contributed by atoms with Crippen LogP contribution in [-0.4, -0.2) is 30.9 Å². The average molecular weight is 265 g/mol. The molecule has 1 atom stereocenters. The zero-order valence-corrected chi connectivity index (χ0v) is 12.2. The molecule has 0 radical (unpaired) electrons. The Morgan fingerprint density at radius 1 is 1.21 bits per heavy atom. The van der Waals surface area contributed by atoms with Crippen molar-refractivity contribution in [2.24, 2.45) is 0 Å². The minimum atomic E-state index is -0.453. The fourth-order valence-corrected chi connectivity index (χ4v) is 1.91. The number of unbranched alkanes of at least 4 members (excludes halogenated alkanes) is 3. The van der Waals surface area contributed by atoms with Crippen LogP contribution in [0.5, 0.6) is 5.75 Å². The smallest absolute Gasteiger partial charge is 0.122 e. The summed E-state index contributed by atoms with van der Waals surface area (Å²) in [5.41, 5.74) is 1.10. The number of hydrogen-bond acceptors (Lipinski definition) is 3. The van der Waals surface area contributed by atoms with Crippen molar-refractivity contribution in [3.05, 3.63) is 29.8 Å². The van der Waals surface area contributed by atoms with E-state index in [-0.39, 0.29) is 0 Å². The van der Waals surface area contributed by atoms with Gasteiger partial charge >= 0.3 is 0 Å². The standard InChI is InChI=1S/C16H27NO2/c1-3-4-5-8-11-17-12-15(18)13-19-16-10-7-6-9-14(16)2/h6-7,9-10,15,17-18H,3-5,8,11-13H2,1-2H3. The van der Waals surface area contributed by atoms with Gasteiger partial charge in [-0.2, -0.15) is 0 Å². The summed E-state index contributed by atoms with van der Waals surface area (Å²) in [4.78, 5) is 0. The van der Waals surface area contributed by atoms with Gasteiger partial charge in [-0.1, -0.05) is 44.4 Å². The van der Waals surface area contributed by atoms with Crippen molar-refractivity contribution in [1.29, 1.82) is 0 Å². The van der Waals surface area contributed by atoms with Crippen LogP contribution >= 0.6 is 0 Å². The highest BCUT2D eigenvalue weighted by atomic mass is 16.5. The molecule has 1 aromatic carbocycles. The summed E-state index contributed by atoms with van der Waals surface area (Å²) in [6, 6.07) is 7.87. The summed E-state index contributed by atoms with van der Waals surface area (Å²) in [7, 11) is 0. The molecule has 0 saturated heterocycles. The van der Waals surface area contributed by atoms with Gasteiger partial charge in [0.05, 0.1) is 0 Å². The molecule has 0 saturated carbocycles. The number of benzene rings is 1. The van der Waals surface area contributed by atoms with Crippen LogP contribution in [-0.2, 0) is 0 Å². The molecule has 3 nitrogen and oxygen atoms in total. The topological polar surface area (TPSA) is 41.5 Å². The number of nitrogens with one attached hydrogen (secondary N) is 1. The molecule has 0 aromatic heterocycles. The van der Waals surface area contributed by atoms with E-state index in [2.05, 4.69) is 12.2 Å². The predicted octanol–water partition coefficient (Wildman–Crippen LogP) is 2.90. The summed E-state index contributed by atoms with van der Waals surface area (Å²) in [6.07, 6.45) is 4.54.